The number of aromatic amines is 1. The van der Waals surface area contributed by atoms with Crippen LogP contribution in [0.25, 0.3) is 33.5 Å². The van der Waals surface area contributed by atoms with Crippen LogP contribution in [0.4, 0.5) is 35.1 Å². The van der Waals surface area contributed by atoms with Crippen molar-refractivity contribution in [1.82, 2.24) is 15.1 Å². The van der Waals surface area contributed by atoms with Crippen molar-refractivity contribution in [2.45, 2.75) is 18.9 Å². The van der Waals surface area contributed by atoms with E-state index in [1.807, 2.05) is 0 Å². The Hall–Kier alpha value is -4.35. The van der Waals surface area contributed by atoms with E-state index in [9.17, 15) is 35.1 Å². The average Bonchev–Trinajstić information content (AvgIpc) is 3.27. The summed E-state index contributed by atoms with van der Waals surface area (Å²) in [7, 11) is 0. The third kappa shape index (κ3) is 4.93. The highest BCUT2D eigenvalue weighted by molar-refractivity contribution is 5.77. The molecule has 194 valence electrons. The van der Waals surface area contributed by atoms with Gasteiger partial charge in [-0.2, -0.15) is 26.3 Å². The number of aromatic nitrogens is 4. The second-order valence-corrected chi connectivity index (χ2v) is 8.41. The smallest absolute Gasteiger partial charge is 0.333 e. The Bertz CT molecular complexity index is 1650. The molecule has 0 fully saturated rings. The maximum atomic E-state index is 14.2. The number of nitrogens with zero attached hydrogens (tertiary/aromatic N) is 3. The molecule has 0 aliphatic heterocycles. The molecule has 0 amide bonds. The number of hydrogen-bond acceptors (Lipinski definition) is 2. The largest absolute Gasteiger partial charge is 0.417 e. The molecule has 0 bridgehead atoms. The lowest BCUT2D eigenvalue weighted by Crippen LogP contribution is -2.37. The zero-order chi connectivity index (χ0) is 27.2. The lowest BCUT2D eigenvalue weighted by atomic mass is 9.95. The van der Waals surface area contributed by atoms with Crippen LogP contribution < -0.4 is 4.68 Å². The van der Waals surface area contributed by atoms with Crippen LogP contribution in [0.15, 0.2) is 73.1 Å². The van der Waals surface area contributed by atoms with E-state index >= 15 is 0 Å². The van der Waals surface area contributed by atoms with Crippen LogP contribution in [0.5, 0.6) is 0 Å². The van der Waals surface area contributed by atoms with Crippen molar-refractivity contribution < 1.29 is 39.8 Å². The Morgan fingerprint density at radius 3 is 2.32 bits per heavy atom. The third-order valence-corrected chi connectivity index (χ3v) is 5.81. The summed E-state index contributed by atoms with van der Waals surface area (Å²) in [6.45, 7) is 0.0917. The fourth-order valence-corrected chi connectivity index (χ4v) is 4.04. The number of benzene rings is 3. The number of halogens is 8. The van der Waals surface area contributed by atoms with Gasteiger partial charge in [0, 0.05) is 5.56 Å². The van der Waals surface area contributed by atoms with Crippen molar-refractivity contribution >= 4 is 11.0 Å². The van der Waals surface area contributed by atoms with Gasteiger partial charge in [0.2, 0.25) is 6.20 Å². The quantitative estimate of drug-likeness (QED) is 0.200. The van der Waals surface area contributed by atoms with E-state index in [4.69, 9.17) is 0 Å². The van der Waals surface area contributed by atoms with Crippen LogP contribution in [-0.4, -0.2) is 15.1 Å². The van der Waals surface area contributed by atoms with Gasteiger partial charge in [-0.25, -0.2) is 13.8 Å². The molecule has 0 atom stereocenters. The Morgan fingerprint density at radius 2 is 1.58 bits per heavy atom. The molecule has 0 aliphatic rings. The summed E-state index contributed by atoms with van der Waals surface area (Å²) in [5, 5.41) is 4.21. The van der Waals surface area contributed by atoms with E-state index in [1.165, 1.54) is 47.4 Å². The summed E-state index contributed by atoms with van der Waals surface area (Å²) in [5.74, 6) is -2.01. The predicted octanol–water partition coefficient (Wildman–Crippen LogP) is 6.94. The normalized spacial score (nSPS) is 12.3. The molecule has 0 saturated carbocycles. The summed E-state index contributed by atoms with van der Waals surface area (Å²) >= 11 is 0. The van der Waals surface area contributed by atoms with Gasteiger partial charge in [0.25, 0.3) is 0 Å². The zero-order valence-corrected chi connectivity index (χ0v) is 19.0. The summed E-state index contributed by atoms with van der Waals surface area (Å²) in [6, 6.07) is 11.1. The van der Waals surface area contributed by atoms with Crippen molar-refractivity contribution in [3.63, 3.8) is 0 Å². The number of hydrogen-bond donors (Lipinski definition) is 1. The lowest BCUT2D eigenvalue weighted by Gasteiger charge is -2.16. The number of alkyl halides is 6. The molecule has 2 aromatic heterocycles. The van der Waals surface area contributed by atoms with Crippen molar-refractivity contribution in [1.29, 1.82) is 0 Å². The SMILES string of the molecule is Fc1cccc(-c2nc3cn[n+](Cc4cccc(-c5ccc(C(F)(F)F)cc5C(F)(F)F)c4)cc3[nH]2)c1F. The highest BCUT2D eigenvalue weighted by Gasteiger charge is 2.38. The summed E-state index contributed by atoms with van der Waals surface area (Å²) in [4.78, 5) is 7.11. The van der Waals surface area contributed by atoms with E-state index in [-0.39, 0.29) is 29.6 Å². The van der Waals surface area contributed by atoms with Crippen molar-refractivity contribution in [3.8, 4) is 22.5 Å². The first-order valence-corrected chi connectivity index (χ1v) is 11.0. The fourth-order valence-electron chi connectivity index (χ4n) is 4.04. The predicted molar refractivity (Wildman–Crippen MR) is 120 cm³/mol. The second kappa shape index (κ2) is 9.19. The highest BCUT2D eigenvalue weighted by Crippen LogP contribution is 2.41. The molecule has 0 aliphatic carbocycles. The zero-order valence-electron chi connectivity index (χ0n) is 19.0. The first kappa shape index (κ1) is 25.3. The molecule has 0 radical (unpaired) electrons. The molecule has 2 heterocycles. The lowest BCUT2D eigenvalue weighted by molar-refractivity contribution is -0.745. The number of H-pyrrole nitrogens is 1. The van der Waals surface area contributed by atoms with E-state index in [2.05, 4.69) is 15.1 Å². The van der Waals surface area contributed by atoms with Crippen molar-refractivity contribution in [2.24, 2.45) is 0 Å². The molecule has 38 heavy (non-hydrogen) atoms. The molecule has 12 heteroatoms. The van der Waals surface area contributed by atoms with Crippen LogP contribution in [0.1, 0.15) is 16.7 Å². The Kier molecular flexibility index (Phi) is 6.12. The van der Waals surface area contributed by atoms with Gasteiger partial charge < -0.3 is 4.98 Å². The van der Waals surface area contributed by atoms with Gasteiger partial charge in [-0.1, -0.05) is 35.0 Å². The second-order valence-electron chi connectivity index (χ2n) is 8.41. The van der Waals surface area contributed by atoms with Crippen LogP contribution in [-0.2, 0) is 18.9 Å². The third-order valence-electron chi connectivity index (χ3n) is 5.81. The van der Waals surface area contributed by atoms with Gasteiger partial charge in [0.1, 0.15) is 23.1 Å². The topological polar surface area (TPSA) is 45.5 Å². The summed E-state index contributed by atoms with van der Waals surface area (Å²) in [6.07, 6.45) is -7.01. The first-order valence-electron chi connectivity index (χ1n) is 11.0. The standard InChI is InChI=1S/C26H14F8N4/c27-20-6-2-5-18(23(20)28)24-36-21-11-35-38(13-22(21)37-24)12-14-3-1-4-15(9-14)17-8-7-16(25(29,30)31)10-19(17)26(32,33)34/h1-11,13H,12H2/p+1. The van der Waals surface area contributed by atoms with E-state index in [1.54, 1.807) is 6.07 Å². The van der Waals surface area contributed by atoms with Gasteiger partial charge in [0.15, 0.2) is 18.2 Å². The van der Waals surface area contributed by atoms with Crippen LogP contribution in [0, 0.1) is 11.6 Å². The molecular weight excluding hydrogens is 520 g/mol. The first-order chi connectivity index (χ1) is 17.9. The molecule has 1 N–H and O–H groups in total. The maximum Gasteiger partial charge on any atom is 0.417 e. The minimum atomic E-state index is -5.01. The molecule has 0 spiro atoms. The summed E-state index contributed by atoms with van der Waals surface area (Å²) in [5.41, 5.74) is -1.85. The van der Waals surface area contributed by atoms with E-state index in [0.29, 0.717) is 22.7 Å². The van der Waals surface area contributed by atoms with Gasteiger partial charge in [-0.3, -0.25) is 0 Å². The number of nitrogens with one attached hydrogen (secondary N) is 1. The molecule has 5 aromatic rings. The summed E-state index contributed by atoms with van der Waals surface area (Å²) < 4.78 is 109. The number of fused-ring (bicyclic) bond motifs is 1. The number of rotatable bonds is 4. The van der Waals surface area contributed by atoms with Crippen molar-refractivity contribution in [3.05, 3.63) is 101 Å². The molecule has 3 aromatic carbocycles. The highest BCUT2D eigenvalue weighted by atomic mass is 19.4. The van der Waals surface area contributed by atoms with E-state index in [0.717, 1.165) is 12.1 Å². The minimum absolute atomic E-state index is 0.0718. The number of imidazole rings is 1. The van der Waals surface area contributed by atoms with E-state index < -0.39 is 40.7 Å². The monoisotopic (exact) mass is 535 g/mol. The average molecular weight is 535 g/mol. The molecule has 0 saturated heterocycles. The van der Waals surface area contributed by atoms with Gasteiger partial charge in [-0.05, 0) is 46.6 Å². The maximum absolute atomic E-state index is 14.2. The Morgan fingerprint density at radius 1 is 0.816 bits per heavy atom. The van der Waals surface area contributed by atoms with Crippen molar-refractivity contribution in [2.75, 3.05) is 0 Å². The fraction of sp³-hybridized carbons (Fsp3) is 0.115. The Balaban J connectivity index is 1.47. The van der Waals surface area contributed by atoms with Gasteiger partial charge >= 0.3 is 12.4 Å². The van der Waals surface area contributed by atoms with Gasteiger partial charge in [0.05, 0.1) is 16.7 Å². The van der Waals surface area contributed by atoms with Crippen LogP contribution >= 0.6 is 0 Å². The molecule has 5 rings (SSSR count). The molecule has 0 unspecified atom stereocenters. The molecular formula is C26H15F8N4+. The Labute approximate surface area is 209 Å². The van der Waals surface area contributed by atoms with Crippen LogP contribution in [0.3, 0.4) is 0 Å². The van der Waals surface area contributed by atoms with Gasteiger partial charge in [-0.15, -0.1) is 0 Å². The van der Waals surface area contributed by atoms with Crippen LogP contribution in [0.2, 0.25) is 0 Å². The minimum Gasteiger partial charge on any atom is -0.333 e. The molecule has 4 nitrogen and oxygen atoms in total.